The predicted octanol–water partition coefficient (Wildman–Crippen LogP) is 2.02. The van der Waals surface area contributed by atoms with Crippen molar-refractivity contribution in [3.8, 4) is 0 Å². The minimum Gasteiger partial charge on any atom is -0.312 e. The Balaban J connectivity index is 1.66. The van der Waals surface area contributed by atoms with Gasteiger partial charge < -0.3 is 10.2 Å². The lowest BCUT2D eigenvalue weighted by molar-refractivity contribution is -0.125. The van der Waals surface area contributed by atoms with Gasteiger partial charge in [-0.25, -0.2) is 0 Å². The van der Waals surface area contributed by atoms with Gasteiger partial charge in [-0.1, -0.05) is 27.7 Å². The lowest BCUT2D eigenvalue weighted by atomic mass is 10.1. The second-order valence-corrected chi connectivity index (χ2v) is 6.91. The van der Waals surface area contributed by atoms with Gasteiger partial charge >= 0.3 is 0 Å². The van der Waals surface area contributed by atoms with Crippen molar-refractivity contribution in [3.05, 3.63) is 28.7 Å². The number of thioether (sulfide) groups is 1. The number of amidine groups is 1. The van der Waals surface area contributed by atoms with Crippen LogP contribution in [0.25, 0.3) is 0 Å². The smallest absolute Gasteiger partial charge is 0.231 e. The summed E-state index contributed by atoms with van der Waals surface area (Å²) in [5.41, 5.74) is 0.825. The summed E-state index contributed by atoms with van der Waals surface area (Å²) in [6.07, 6.45) is 0.250. The number of nitrogens with one attached hydrogen (secondary N) is 1. The minimum atomic E-state index is -0.315. The number of amides is 2. The molecule has 0 aromatic heterocycles. The van der Waals surface area contributed by atoms with Crippen molar-refractivity contribution in [3.63, 3.8) is 0 Å². The molecule has 0 bridgehead atoms. The van der Waals surface area contributed by atoms with E-state index in [0.717, 1.165) is 22.5 Å². The molecule has 1 atom stereocenters. The van der Waals surface area contributed by atoms with Gasteiger partial charge in [-0.2, -0.15) is 0 Å². The number of carbonyl (C=O) groups excluding carboxylic acids is 2. The van der Waals surface area contributed by atoms with Crippen molar-refractivity contribution < 1.29 is 9.59 Å². The van der Waals surface area contributed by atoms with Crippen LogP contribution in [-0.4, -0.2) is 35.8 Å². The van der Waals surface area contributed by atoms with E-state index in [4.69, 9.17) is 0 Å². The van der Waals surface area contributed by atoms with Gasteiger partial charge in [-0.3, -0.25) is 14.6 Å². The van der Waals surface area contributed by atoms with E-state index in [1.807, 2.05) is 24.3 Å². The highest BCUT2D eigenvalue weighted by Crippen LogP contribution is 2.26. The molecule has 1 unspecified atom stereocenters. The van der Waals surface area contributed by atoms with Crippen LogP contribution in [0.15, 0.2) is 33.7 Å². The molecular weight excluding hydrogens is 354 g/mol. The maximum Gasteiger partial charge on any atom is 0.231 e. The number of hydrogen-bond acceptors (Lipinski definition) is 4. The Hall–Kier alpha value is -1.34. The molecule has 2 amide bonds. The molecule has 110 valence electrons. The number of nitrogens with zero attached hydrogens (tertiary/aromatic N) is 2. The van der Waals surface area contributed by atoms with Crippen LogP contribution in [0.1, 0.15) is 6.42 Å². The molecule has 1 fully saturated rings. The number of aliphatic imine (C=N–C) groups is 1. The third-order valence-corrected chi connectivity index (χ3v) is 4.87. The van der Waals surface area contributed by atoms with Gasteiger partial charge in [0.1, 0.15) is 0 Å². The first-order valence-electron chi connectivity index (χ1n) is 6.67. The Kier molecular flexibility index (Phi) is 4.30. The van der Waals surface area contributed by atoms with Crippen LogP contribution in [0.5, 0.6) is 0 Å². The average molecular weight is 368 g/mol. The number of anilines is 1. The molecule has 2 aliphatic rings. The first-order valence-corrected chi connectivity index (χ1v) is 8.45. The van der Waals surface area contributed by atoms with Crippen molar-refractivity contribution in [1.29, 1.82) is 0 Å². The summed E-state index contributed by atoms with van der Waals surface area (Å²) >= 11 is 4.91. The third kappa shape index (κ3) is 3.29. The van der Waals surface area contributed by atoms with Gasteiger partial charge in [0.25, 0.3) is 0 Å². The fraction of sp³-hybridized carbons (Fsp3) is 0.357. The van der Waals surface area contributed by atoms with Crippen molar-refractivity contribution in [2.75, 3.05) is 23.7 Å². The van der Waals surface area contributed by atoms with Crippen LogP contribution in [0.2, 0.25) is 0 Å². The van der Waals surface area contributed by atoms with Crippen molar-refractivity contribution in [1.82, 2.24) is 5.32 Å². The van der Waals surface area contributed by atoms with E-state index in [2.05, 4.69) is 26.2 Å². The Morgan fingerprint density at radius 2 is 2.14 bits per heavy atom. The highest BCUT2D eigenvalue weighted by atomic mass is 79.9. The summed E-state index contributed by atoms with van der Waals surface area (Å²) in [6.45, 7) is 1.17. The van der Waals surface area contributed by atoms with Crippen LogP contribution in [-0.2, 0) is 9.59 Å². The second kappa shape index (κ2) is 6.19. The summed E-state index contributed by atoms with van der Waals surface area (Å²) in [5.74, 6) is 0.462. The summed E-state index contributed by atoms with van der Waals surface area (Å²) in [5, 5.41) is 3.49. The van der Waals surface area contributed by atoms with Gasteiger partial charge in [0.2, 0.25) is 11.8 Å². The summed E-state index contributed by atoms with van der Waals surface area (Å²) in [4.78, 5) is 30.2. The molecule has 0 saturated carbocycles. The monoisotopic (exact) mass is 367 g/mol. The fourth-order valence-corrected chi connectivity index (χ4v) is 3.37. The van der Waals surface area contributed by atoms with Crippen LogP contribution < -0.4 is 10.2 Å². The normalized spacial score (nSPS) is 21.6. The molecule has 0 spiro atoms. The molecule has 2 aliphatic heterocycles. The molecule has 1 N–H and O–H groups in total. The summed E-state index contributed by atoms with van der Waals surface area (Å²) in [6, 6.07) is 7.53. The van der Waals surface area contributed by atoms with Crippen molar-refractivity contribution >= 4 is 50.4 Å². The Bertz CT molecular complexity index is 603. The zero-order chi connectivity index (χ0) is 14.8. The number of carbonyl (C=O) groups is 2. The molecule has 3 rings (SSSR count). The molecule has 5 nitrogen and oxygen atoms in total. The van der Waals surface area contributed by atoms with E-state index in [0.29, 0.717) is 11.7 Å². The summed E-state index contributed by atoms with van der Waals surface area (Å²) < 4.78 is 0.962. The van der Waals surface area contributed by atoms with E-state index in [-0.39, 0.29) is 24.2 Å². The van der Waals surface area contributed by atoms with Gasteiger partial charge in [0, 0.05) is 28.9 Å². The molecule has 2 heterocycles. The zero-order valence-electron chi connectivity index (χ0n) is 11.2. The molecule has 21 heavy (non-hydrogen) atoms. The number of halogens is 1. The maximum atomic E-state index is 12.2. The standard InChI is InChI=1S/C14H14BrN3O2S/c15-10-1-3-11(4-2-10)18-8-9(7-12(18)19)13(20)17-14-16-5-6-21-14/h1-4,9H,5-8H2,(H,16,17,20). The van der Waals surface area contributed by atoms with Gasteiger partial charge in [0.05, 0.1) is 12.5 Å². The zero-order valence-corrected chi connectivity index (χ0v) is 13.6. The summed E-state index contributed by atoms with van der Waals surface area (Å²) in [7, 11) is 0. The number of benzene rings is 1. The minimum absolute atomic E-state index is 0.0153. The topological polar surface area (TPSA) is 61.8 Å². The fourth-order valence-electron chi connectivity index (χ4n) is 2.37. The molecular formula is C14H14BrN3O2S. The van der Waals surface area contributed by atoms with Gasteiger partial charge in [-0.05, 0) is 24.3 Å². The first-order chi connectivity index (χ1) is 10.1. The van der Waals surface area contributed by atoms with E-state index >= 15 is 0 Å². The van der Waals surface area contributed by atoms with E-state index in [9.17, 15) is 9.59 Å². The quantitative estimate of drug-likeness (QED) is 0.869. The third-order valence-electron chi connectivity index (χ3n) is 3.45. The predicted molar refractivity (Wildman–Crippen MR) is 87.5 cm³/mol. The molecule has 0 radical (unpaired) electrons. The Labute approximate surface area is 135 Å². The van der Waals surface area contributed by atoms with Crippen LogP contribution in [0, 0.1) is 5.92 Å². The van der Waals surface area contributed by atoms with Crippen molar-refractivity contribution in [2.45, 2.75) is 6.42 Å². The van der Waals surface area contributed by atoms with Crippen molar-refractivity contribution in [2.24, 2.45) is 10.9 Å². The lowest BCUT2D eigenvalue weighted by Crippen LogP contribution is -2.35. The number of hydrogen-bond donors (Lipinski definition) is 1. The number of rotatable bonds is 2. The van der Waals surface area contributed by atoms with Gasteiger partial charge in [-0.15, -0.1) is 0 Å². The maximum absolute atomic E-state index is 12.2. The SMILES string of the molecule is O=C(NC1=NCCS1)C1CC(=O)N(c2ccc(Br)cc2)C1. The molecule has 0 aliphatic carbocycles. The second-order valence-electron chi connectivity index (χ2n) is 4.91. The van der Waals surface area contributed by atoms with E-state index < -0.39 is 0 Å². The molecule has 7 heteroatoms. The Morgan fingerprint density at radius 1 is 1.38 bits per heavy atom. The molecule has 1 aromatic carbocycles. The largest absolute Gasteiger partial charge is 0.312 e. The van der Waals surface area contributed by atoms with Crippen LogP contribution >= 0.6 is 27.7 Å². The molecule has 1 saturated heterocycles. The highest BCUT2D eigenvalue weighted by Gasteiger charge is 2.35. The first kappa shape index (κ1) is 14.6. The van der Waals surface area contributed by atoms with Gasteiger partial charge in [0.15, 0.2) is 5.17 Å². The van der Waals surface area contributed by atoms with Crippen LogP contribution in [0.4, 0.5) is 5.69 Å². The average Bonchev–Trinajstić information content (AvgIpc) is 3.09. The Morgan fingerprint density at radius 3 is 2.81 bits per heavy atom. The van der Waals surface area contributed by atoms with Crippen LogP contribution in [0.3, 0.4) is 0 Å². The van der Waals surface area contributed by atoms with E-state index in [1.165, 1.54) is 0 Å². The highest BCUT2D eigenvalue weighted by molar-refractivity contribution is 9.10. The molecule has 1 aromatic rings. The van der Waals surface area contributed by atoms with E-state index in [1.54, 1.807) is 16.7 Å². The lowest BCUT2D eigenvalue weighted by Gasteiger charge is -2.16.